The summed E-state index contributed by atoms with van der Waals surface area (Å²) in [7, 11) is -2.77. The topological polar surface area (TPSA) is 34.1 Å². The predicted octanol–water partition coefficient (Wildman–Crippen LogP) is -0.137. The summed E-state index contributed by atoms with van der Waals surface area (Å²) < 4.78 is 19.9. The predicted molar refractivity (Wildman–Crippen MR) is 25.1 cm³/mol. The molecule has 7 heavy (non-hydrogen) atoms. The van der Waals surface area contributed by atoms with E-state index in [9.17, 15) is 8.42 Å². The summed E-state index contributed by atoms with van der Waals surface area (Å²) in [4.78, 5) is 0. The van der Waals surface area contributed by atoms with Crippen LogP contribution < -0.4 is 0 Å². The van der Waals surface area contributed by atoms with Gasteiger partial charge in [-0.2, -0.15) is 0 Å². The molecule has 0 spiro atoms. The zero-order valence-electron chi connectivity index (χ0n) is 4.22. The van der Waals surface area contributed by atoms with Crippen LogP contribution >= 0.6 is 0 Å². The third-order valence-electron chi connectivity index (χ3n) is 0.371. The van der Waals surface area contributed by atoms with E-state index in [0.29, 0.717) is 0 Å². The Morgan fingerprint density at radius 1 is 1.57 bits per heavy atom. The number of rotatable bonds is 1. The van der Waals surface area contributed by atoms with Crippen molar-refractivity contribution >= 4 is 9.84 Å². The van der Waals surface area contributed by atoms with Crippen LogP contribution in [0.3, 0.4) is 0 Å². The van der Waals surface area contributed by atoms with Crippen LogP contribution in [0.5, 0.6) is 0 Å². The Morgan fingerprint density at radius 2 is 1.71 bits per heavy atom. The van der Waals surface area contributed by atoms with Crippen molar-refractivity contribution in [2.75, 3.05) is 12.0 Å². The fourth-order valence-electron chi connectivity index (χ4n) is 0. The van der Waals surface area contributed by atoms with Gasteiger partial charge >= 0.3 is 32.7 Å². The zero-order valence-corrected chi connectivity index (χ0v) is 7.87. The van der Waals surface area contributed by atoms with Crippen molar-refractivity contribution in [3.05, 3.63) is 6.92 Å². The van der Waals surface area contributed by atoms with E-state index in [1.807, 2.05) is 0 Å². The monoisotopic (exact) mass is 196 g/mol. The van der Waals surface area contributed by atoms with Crippen molar-refractivity contribution in [1.29, 1.82) is 0 Å². The summed E-state index contributed by atoms with van der Waals surface area (Å²) in [6.45, 7) is 3.17. The number of hydrogen-bond acceptors (Lipinski definition) is 2. The molecule has 0 atom stereocenters. The average Bonchev–Trinajstić information content (AvgIpc) is 1.35. The molecule has 0 aliphatic carbocycles. The summed E-state index contributed by atoms with van der Waals surface area (Å²) in [6, 6.07) is 0. The Labute approximate surface area is 69.5 Å². The van der Waals surface area contributed by atoms with Crippen molar-refractivity contribution in [3.63, 3.8) is 0 Å². The van der Waals surface area contributed by atoms with E-state index in [4.69, 9.17) is 0 Å². The van der Waals surface area contributed by atoms with Gasteiger partial charge < -0.3 is 6.92 Å². The van der Waals surface area contributed by atoms with Crippen molar-refractivity contribution < 1.29 is 41.1 Å². The van der Waals surface area contributed by atoms with Crippen LogP contribution in [0.2, 0.25) is 0 Å². The zero-order chi connectivity index (χ0) is 5.21. The molecule has 0 aromatic carbocycles. The molecule has 0 bridgehead atoms. The van der Waals surface area contributed by atoms with E-state index in [2.05, 4.69) is 6.92 Å². The molecule has 0 saturated heterocycles. The Hall–Kier alpha value is 1.05. The van der Waals surface area contributed by atoms with Gasteiger partial charge in [0.2, 0.25) is 0 Å². The van der Waals surface area contributed by atoms with E-state index >= 15 is 0 Å². The second kappa shape index (κ2) is 3.99. The Morgan fingerprint density at radius 3 is 1.71 bits per heavy atom. The quantitative estimate of drug-likeness (QED) is 0.547. The van der Waals surface area contributed by atoms with Gasteiger partial charge in [0.05, 0.1) is 0 Å². The Kier molecular flexibility index (Phi) is 6.23. The fourth-order valence-corrected chi connectivity index (χ4v) is 0. The minimum Gasteiger partial charge on any atom is -0.329 e. The molecule has 0 heterocycles. The van der Waals surface area contributed by atoms with Crippen LogP contribution in [0, 0.1) is 6.92 Å². The average molecular weight is 196 g/mol. The summed E-state index contributed by atoms with van der Waals surface area (Å²) in [5, 5.41) is 0. The molecule has 0 aliphatic rings. The van der Waals surface area contributed by atoms with E-state index in [1.165, 1.54) is 0 Å². The van der Waals surface area contributed by atoms with Gasteiger partial charge in [0.15, 0.2) is 0 Å². The molecule has 0 unspecified atom stereocenters. The van der Waals surface area contributed by atoms with Gasteiger partial charge in [-0.3, -0.25) is 0 Å². The first-order chi connectivity index (χ1) is 2.56. The van der Waals surface area contributed by atoms with Crippen molar-refractivity contribution in [2.24, 2.45) is 0 Å². The van der Waals surface area contributed by atoms with Crippen molar-refractivity contribution in [3.8, 4) is 0 Å². The Balaban J connectivity index is 0. The van der Waals surface area contributed by atoms with Crippen LogP contribution in [0.25, 0.3) is 0 Å². The third-order valence-corrected chi connectivity index (χ3v) is 1.11. The van der Waals surface area contributed by atoms with E-state index in [-0.39, 0.29) is 38.5 Å². The Bertz CT molecular complexity index is 115. The van der Waals surface area contributed by atoms with Gasteiger partial charge in [0.1, 0.15) is 9.84 Å². The molecular weight excluding hydrogens is 189 g/mol. The van der Waals surface area contributed by atoms with Crippen LogP contribution in [0.4, 0.5) is 0 Å². The standard InChI is InChI=1S/C3H7O2S.Y/c1-3-6(2,4)5;/h1,3H2,2H3;/q-1;+3. The van der Waals surface area contributed by atoms with Gasteiger partial charge in [0.25, 0.3) is 0 Å². The minimum absolute atomic E-state index is 0. The first-order valence-corrected chi connectivity index (χ1v) is 3.59. The molecule has 0 rings (SSSR count). The van der Waals surface area contributed by atoms with Gasteiger partial charge in [-0.05, 0) is 0 Å². The number of hydrogen-bond donors (Lipinski definition) is 0. The maximum absolute atomic E-state index is 9.94. The summed E-state index contributed by atoms with van der Waals surface area (Å²) in [6.07, 6.45) is 1.15. The molecule has 0 radical (unpaired) electrons. The molecule has 0 aliphatic heterocycles. The van der Waals surface area contributed by atoms with Gasteiger partial charge in [-0.1, -0.05) is 5.75 Å². The molecule has 2 nitrogen and oxygen atoms in total. The molecule has 0 N–H and O–H groups in total. The summed E-state index contributed by atoms with van der Waals surface area (Å²) in [5.74, 6) is -0.00694. The van der Waals surface area contributed by atoms with Crippen molar-refractivity contribution in [1.82, 2.24) is 0 Å². The SMILES string of the molecule is [CH2-]CS(C)(=O)=O.[Y+3]. The van der Waals surface area contributed by atoms with E-state index < -0.39 is 9.84 Å². The second-order valence-electron chi connectivity index (χ2n) is 1.13. The minimum atomic E-state index is -2.77. The van der Waals surface area contributed by atoms with Crippen LogP contribution in [-0.4, -0.2) is 20.4 Å². The first-order valence-electron chi connectivity index (χ1n) is 1.53. The molecule has 38 valence electrons. The van der Waals surface area contributed by atoms with E-state index in [0.717, 1.165) is 6.26 Å². The third kappa shape index (κ3) is 11.0. The largest absolute Gasteiger partial charge is 3.00 e. The van der Waals surface area contributed by atoms with Crippen LogP contribution in [0.15, 0.2) is 0 Å². The van der Waals surface area contributed by atoms with Crippen LogP contribution in [0.1, 0.15) is 0 Å². The first kappa shape index (κ1) is 10.9. The summed E-state index contributed by atoms with van der Waals surface area (Å²) in [5.41, 5.74) is 0. The molecule has 0 saturated carbocycles. The van der Waals surface area contributed by atoms with Gasteiger partial charge in [0, 0.05) is 6.26 Å². The smallest absolute Gasteiger partial charge is 0.329 e. The second-order valence-corrected chi connectivity index (χ2v) is 3.39. The molecule has 4 heteroatoms. The maximum atomic E-state index is 9.94. The molecule has 0 aromatic rings. The molecule has 0 amide bonds. The van der Waals surface area contributed by atoms with Crippen LogP contribution in [-0.2, 0) is 42.5 Å². The maximum Gasteiger partial charge on any atom is 3.00 e. The summed E-state index contributed by atoms with van der Waals surface area (Å²) >= 11 is 0. The fraction of sp³-hybridized carbons (Fsp3) is 0.667. The number of sulfone groups is 1. The van der Waals surface area contributed by atoms with Gasteiger partial charge in [-0.25, -0.2) is 8.42 Å². The molecule has 0 aromatic heterocycles. The molecule has 0 fully saturated rings. The van der Waals surface area contributed by atoms with Crippen molar-refractivity contribution in [2.45, 2.75) is 0 Å². The van der Waals surface area contributed by atoms with E-state index in [1.54, 1.807) is 0 Å². The van der Waals surface area contributed by atoms with Gasteiger partial charge in [-0.15, -0.1) is 0 Å². The molecular formula is C3H7O2SY+2. The normalized spacial score (nSPS) is 10.0.